The second kappa shape index (κ2) is 9.05. The second-order valence-electron chi connectivity index (χ2n) is 5.61. The summed E-state index contributed by atoms with van der Waals surface area (Å²) in [6.07, 6.45) is 1.25. The highest BCUT2D eigenvalue weighted by molar-refractivity contribution is 6.07. The number of methoxy groups -OCH3 is 2. The van der Waals surface area contributed by atoms with Gasteiger partial charge >= 0.3 is 0 Å². The lowest BCUT2D eigenvalue weighted by atomic mass is 10.2. The first kappa shape index (κ1) is 20.3. The number of nitro benzene ring substituents is 1. The highest BCUT2D eigenvalue weighted by atomic mass is 16.6. The van der Waals surface area contributed by atoms with Crippen LogP contribution in [0.1, 0.15) is 5.56 Å². The Bertz CT molecular complexity index is 979. The average molecular weight is 382 g/mol. The minimum atomic E-state index is -0.700. The Kier molecular flexibility index (Phi) is 6.54. The Morgan fingerprint density at radius 1 is 1.14 bits per heavy atom. The van der Waals surface area contributed by atoms with Crippen molar-refractivity contribution in [2.24, 2.45) is 0 Å². The van der Waals surface area contributed by atoms with Gasteiger partial charge in [0.25, 0.3) is 11.6 Å². The standard InChI is InChI=1S/C19H18N4O5/c1-12-4-7-17(27-2)16(8-12)21-11-13(10-20)19(24)22-15-6-5-14(23(25)26)9-18(15)28-3/h4-9,11,21H,1-3H3,(H,22,24)/b13-11-. The molecule has 2 aromatic rings. The van der Waals surface area contributed by atoms with Crippen LogP contribution in [0.5, 0.6) is 11.5 Å². The zero-order valence-corrected chi connectivity index (χ0v) is 15.5. The van der Waals surface area contributed by atoms with Gasteiger partial charge in [0.15, 0.2) is 0 Å². The number of anilines is 2. The first-order valence-electron chi connectivity index (χ1n) is 8.04. The number of benzene rings is 2. The molecule has 144 valence electrons. The molecule has 0 aromatic heterocycles. The molecule has 0 aliphatic carbocycles. The maximum atomic E-state index is 12.4. The number of carbonyl (C=O) groups excluding carboxylic acids is 1. The van der Waals surface area contributed by atoms with E-state index < -0.39 is 10.8 Å². The van der Waals surface area contributed by atoms with Crippen molar-refractivity contribution in [3.05, 3.63) is 63.8 Å². The molecular weight excluding hydrogens is 364 g/mol. The van der Waals surface area contributed by atoms with Crippen molar-refractivity contribution in [1.82, 2.24) is 0 Å². The zero-order chi connectivity index (χ0) is 20.7. The molecular formula is C19H18N4O5. The van der Waals surface area contributed by atoms with Crippen LogP contribution >= 0.6 is 0 Å². The van der Waals surface area contributed by atoms with Gasteiger partial charge < -0.3 is 20.1 Å². The predicted molar refractivity (Wildman–Crippen MR) is 103 cm³/mol. The molecule has 2 rings (SSSR count). The van der Waals surface area contributed by atoms with E-state index in [1.54, 1.807) is 6.07 Å². The van der Waals surface area contributed by atoms with Crippen molar-refractivity contribution in [2.75, 3.05) is 24.9 Å². The number of ether oxygens (including phenoxy) is 2. The number of carbonyl (C=O) groups is 1. The quantitative estimate of drug-likeness (QED) is 0.325. The van der Waals surface area contributed by atoms with Gasteiger partial charge in [-0.05, 0) is 30.7 Å². The number of nitriles is 1. The van der Waals surface area contributed by atoms with Gasteiger partial charge in [0, 0.05) is 12.3 Å². The van der Waals surface area contributed by atoms with Crippen LogP contribution in [0.15, 0.2) is 48.2 Å². The summed E-state index contributed by atoms with van der Waals surface area (Å²) in [6, 6.07) is 11.0. The summed E-state index contributed by atoms with van der Waals surface area (Å²) in [4.78, 5) is 22.7. The molecule has 0 unspecified atom stereocenters. The molecule has 0 radical (unpaired) electrons. The fourth-order valence-corrected chi connectivity index (χ4v) is 2.32. The van der Waals surface area contributed by atoms with Crippen LogP contribution < -0.4 is 20.1 Å². The number of rotatable bonds is 7. The molecule has 1 amide bonds. The molecule has 0 bridgehead atoms. The maximum Gasteiger partial charge on any atom is 0.273 e. The predicted octanol–water partition coefficient (Wildman–Crippen LogP) is 3.38. The Hall–Kier alpha value is -4.06. The molecule has 0 heterocycles. The zero-order valence-electron chi connectivity index (χ0n) is 15.5. The number of hydrogen-bond acceptors (Lipinski definition) is 7. The molecule has 2 aromatic carbocycles. The Morgan fingerprint density at radius 3 is 2.46 bits per heavy atom. The molecule has 9 heteroatoms. The Morgan fingerprint density at radius 2 is 1.86 bits per heavy atom. The average Bonchev–Trinajstić information content (AvgIpc) is 2.68. The van der Waals surface area contributed by atoms with Crippen molar-refractivity contribution < 1.29 is 19.2 Å². The van der Waals surface area contributed by atoms with E-state index >= 15 is 0 Å². The molecule has 0 atom stereocenters. The topological polar surface area (TPSA) is 127 Å². The van der Waals surface area contributed by atoms with Crippen molar-refractivity contribution in [1.29, 1.82) is 5.26 Å². The van der Waals surface area contributed by atoms with Crippen molar-refractivity contribution >= 4 is 23.0 Å². The monoisotopic (exact) mass is 382 g/mol. The third kappa shape index (κ3) is 4.76. The van der Waals surface area contributed by atoms with Crippen molar-refractivity contribution in [3.63, 3.8) is 0 Å². The summed E-state index contributed by atoms with van der Waals surface area (Å²) in [7, 11) is 2.83. The Balaban J connectivity index is 2.23. The number of amides is 1. The molecule has 2 N–H and O–H groups in total. The van der Waals surface area contributed by atoms with E-state index in [1.807, 2.05) is 25.1 Å². The van der Waals surface area contributed by atoms with Gasteiger partial charge in [0.1, 0.15) is 23.1 Å². The van der Waals surface area contributed by atoms with Gasteiger partial charge in [0.05, 0.1) is 36.6 Å². The van der Waals surface area contributed by atoms with Gasteiger partial charge in [-0.25, -0.2) is 0 Å². The third-order valence-electron chi connectivity index (χ3n) is 3.74. The number of non-ortho nitro benzene ring substituents is 1. The van der Waals surface area contributed by atoms with E-state index in [1.165, 1.54) is 38.6 Å². The van der Waals surface area contributed by atoms with Crippen LogP contribution in [0, 0.1) is 28.4 Å². The van der Waals surface area contributed by atoms with E-state index in [4.69, 9.17) is 9.47 Å². The number of aryl methyl sites for hydroxylation is 1. The minimum Gasteiger partial charge on any atom is -0.495 e. The van der Waals surface area contributed by atoms with Gasteiger partial charge in [0.2, 0.25) is 0 Å². The molecule has 0 saturated heterocycles. The normalized spacial score (nSPS) is 10.6. The van der Waals surface area contributed by atoms with Gasteiger partial charge in [-0.1, -0.05) is 6.07 Å². The lowest BCUT2D eigenvalue weighted by Gasteiger charge is -2.11. The van der Waals surface area contributed by atoms with Crippen LogP contribution in [0.2, 0.25) is 0 Å². The fraction of sp³-hybridized carbons (Fsp3) is 0.158. The van der Waals surface area contributed by atoms with Crippen LogP contribution in [0.3, 0.4) is 0 Å². The van der Waals surface area contributed by atoms with Gasteiger partial charge in [-0.2, -0.15) is 5.26 Å². The van der Waals surface area contributed by atoms with Crippen LogP contribution in [-0.2, 0) is 4.79 Å². The summed E-state index contributed by atoms with van der Waals surface area (Å²) in [6.45, 7) is 1.90. The molecule has 0 fully saturated rings. The summed E-state index contributed by atoms with van der Waals surface area (Å²) in [5.41, 5.74) is 1.38. The summed E-state index contributed by atoms with van der Waals surface area (Å²) < 4.78 is 10.3. The van der Waals surface area contributed by atoms with Gasteiger partial charge in [-0.15, -0.1) is 0 Å². The molecule has 0 aliphatic rings. The van der Waals surface area contributed by atoms with E-state index in [2.05, 4.69) is 10.6 Å². The highest BCUT2D eigenvalue weighted by Crippen LogP contribution is 2.29. The van der Waals surface area contributed by atoms with Gasteiger partial charge in [-0.3, -0.25) is 14.9 Å². The number of hydrogen-bond donors (Lipinski definition) is 2. The molecule has 9 nitrogen and oxygen atoms in total. The minimum absolute atomic E-state index is 0.105. The van der Waals surface area contributed by atoms with Crippen molar-refractivity contribution in [2.45, 2.75) is 6.92 Å². The summed E-state index contributed by atoms with van der Waals surface area (Å²) >= 11 is 0. The van der Waals surface area contributed by atoms with E-state index in [9.17, 15) is 20.2 Å². The SMILES string of the molecule is COc1ccc(C)cc1N/C=C(/C#N)C(=O)Nc1ccc([N+](=O)[O-])cc1OC. The third-order valence-corrected chi connectivity index (χ3v) is 3.74. The highest BCUT2D eigenvalue weighted by Gasteiger charge is 2.16. The number of nitrogens with zero attached hydrogens (tertiary/aromatic N) is 2. The molecule has 0 saturated carbocycles. The lowest BCUT2D eigenvalue weighted by molar-refractivity contribution is -0.384. The summed E-state index contributed by atoms with van der Waals surface area (Å²) in [5.74, 6) is -0.0430. The molecule has 28 heavy (non-hydrogen) atoms. The number of nitro groups is 1. The van der Waals surface area contributed by atoms with E-state index in [0.717, 1.165) is 5.56 Å². The van der Waals surface area contributed by atoms with Crippen LogP contribution in [-0.4, -0.2) is 25.1 Å². The first-order valence-corrected chi connectivity index (χ1v) is 8.04. The first-order chi connectivity index (χ1) is 13.4. The van der Waals surface area contributed by atoms with E-state index in [-0.39, 0.29) is 22.7 Å². The largest absolute Gasteiger partial charge is 0.495 e. The number of nitrogens with one attached hydrogen (secondary N) is 2. The fourth-order valence-electron chi connectivity index (χ4n) is 2.32. The Labute approximate surface area is 161 Å². The summed E-state index contributed by atoms with van der Waals surface area (Å²) in [5, 5.41) is 25.5. The van der Waals surface area contributed by atoms with Crippen molar-refractivity contribution in [3.8, 4) is 17.6 Å². The lowest BCUT2D eigenvalue weighted by Crippen LogP contribution is -2.15. The second-order valence-corrected chi connectivity index (χ2v) is 5.61. The molecule has 0 aliphatic heterocycles. The van der Waals surface area contributed by atoms with Crippen LogP contribution in [0.4, 0.5) is 17.1 Å². The molecule has 0 spiro atoms. The van der Waals surface area contributed by atoms with Crippen LogP contribution in [0.25, 0.3) is 0 Å². The maximum absolute atomic E-state index is 12.4. The smallest absolute Gasteiger partial charge is 0.273 e. The van der Waals surface area contributed by atoms with E-state index in [0.29, 0.717) is 11.4 Å².